The number of aromatic nitrogens is 3. The predicted octanol–water partition coefficient (Wildman–Crippen LogP) is 5.79. The molecule has 4 rings (SSSR count). The smallest absolute Gasteiger partial charge is 0.297 e. The van der Waals surface area contributed by atoms with Gasteiger partial charge in [0.2, 0.25) is 16.5 Å². The van der Waals surface area contributed by atoms with Crippen LogP contribution in [0.2, 0.25) is 10.6 Å². The number of phenols is 1. The first kappa shape index (κ1) is 32.0. The average Bonchev–Trinajstić information content (AvgIpc) is 2.93. The number of aliphatic hydroxyl groups excluding tert-OH is 1. The van der Waals surface area contributed by atoms with Gasteiger partial charge in [-0.2, -0.15) is 23.4 Å². The second-order valence-electron chi connectivity index (χ2n) is 7.50. The molecule has 1 heterocycles. The van der Waals surface area contributed by atoms with Crippen molar-refractivity contribution in [3.05, 3.63) is 52.5 Å². The Kier molecular flexibility index (Phi) is 10.7. The molecule has 17 nitrogen and oxygen atoms in total. The van der Waals surface area contributed by atoms with Crippen molar-refractivity contribution in [2.45, 2.75) is 21.3 Å². The second-order valence-corrected chi connectivity index (χ2v) is 11.0. The summed E-state index contributed by atoms with van der Waals surface area (Å²) in [6, 6.07) is 7.81. The van der Waals surface area contributed by atoms with Crippen LogP contribution >= 0.6 is 47.3 Å². The molecule has 42 heavy (non-hydrogen) atoms. The van der Waals surface area contributed by atoms with Crippen LogP contribution in [0.4, 0.5) is 23.0 Å². The molecule has 0 aliphatic rings. The summed E-state index contributed by atoms with van der Waals surface area (Å²) in [4.78, 5) is 10.8. The van der Waals surface area contributed by atoms with E-state index in [1.54, 1.807) is 0 Å². The van der Waals surface area contributed by atoms with Gasteiger partial charge < -0.3 is 15.5 Å². The molecule has 0 amide bonds. The van der Waals surface area contributed by atoms with Gasteiger partial charge in [0.25, 0.3) is 10.1 Å². The van der Waals surface area contributed by atoms with Crippen LogP contribution in [0.3, 0.4) is 0 Å². The fourth-order valence-corrected chi connectivity index (χ4v) is 5.65. The zero-order valence-electron chi connectivity index (χ0n) is 20.1. The highest BCUT2D eigenvalue weighted by atomic mass is 35.5. The zero-order chi connectivity index (χ0) is 30.4. The van der Waals surface area contributed by atoms with E-state index in [4.69, 9.17) is 33.7 Å². The standard InChI is InChI=1S/C20H14Cl2N6O11S3/c21-18-24-19(22)26-20(25-18)23-12-3-2-9-10(17(12)42(33,34)35)6-15(41-39-37-32)16(11(9)7-29)28-27-13-5-8(40-38-36-31)1-4-14(13)30/h1-6,29-32H,7H2,(H,33,34,35)(H,23,24,25,26)/b28-27+. The SMILES string of the molecule is O=S(=O)(O)c1c(Nc2nc(Cl)nc(Cl)n2)ccc2c(CO)c(/N=N/c3cc(SOOO)ccc3O)c(SOOO)cc12. The molecule has 222 valence electrons. The number of rotatable bonds is 12. The van der Waals surface area contributed by atoms with Crippen LogP contribution in [0.1, 0.15) is 5.56 Å². The highest BCUT2D eigenvalue weighted by Crippen LogP contribution is 2.44. The van der Waals surface area contributed by atoms with Crippen LogP contribution in [-0.4, -0.2) is 48.7 Å². The lowest BCUT2D eigenvalue weighted by Crippen LogP contribution is -2.07. The Bertz CT molecular complexity index is 1750. The second kappa shape index (κ2) is 14.0. The molecule has 0 spiro atoms. The molecular formula is C20H14Cl2N6O11S3. The molecule has 22 heteroatoms. The zero-order valence-corrected chi connectivity index (χ0v) is 24.0. The van der Waals surface area contributed by atoms with E-state index < -0.39 is 21.6 Å². The van der Waals surface area contributed by atoms with Crippen LogP contribution in [0.15, 0.2) is 61.3 Å². The summed E-state index contributed by atoms with van der Waals surface area (Å²) in [5.74, 6) is -0.564. The number of aromatic hydroxyl groups is 1. The van der Waals surface area contributed by atoms with Crippen LogP contribution < -0.4 is 5.32 Å². The van der Waals surface area contributed by atoms with Crippen molar-refractivity contribution in [3.8, 4) is 5.75 Å². The number of anilines is 2. The summed E-state index contributed by atoms with van der Waals surface area (Å²) in [5, 5.41) is 54.8. The van der Waals surface area contributed by atoms with Gasteiger partial charge in [-0.05, 0) is 58.9 Å². The molecule has 3 aromatic carbocycles. The number of nitrogens with one attached hydrogen (secondary N) is 1. The molecule has 0 bridgehead atoms. The summed E-state index contributed by atoms with van der Waals surface area (Å²) < 4.78 is 44.2. The first-order valence-electron chi connectivity index (χ1n) is 10.6. The lowest BCUT2D eigenvalue weighted by molar-refractivity contribution is -0.432. The Hall–Kier alpha value is -2.96. The average molecular weight is 681 g/mol. The Balaban J connectivity index is 1.92. The molecular weight excluding hydrogens is 667 g/mol. The summed E-state index contributed by atoms with van der Waals surface area (Å²) in [5.41, 5.74) is -0.415. The minimum Gasteiger partial charge on any atom is -0.506 e. The monoisotopic (exact) mass is 680 g/mol. The van der Waals surface area contributed by atoms with E-state index in [1.807, 2.05) is 0 Å². The molecule has 0 fully saturated rings. The van der Waals surface area contributed by atoms with E-state index in [0.29, 0.717) is 29.0 Å². The number of hydrogen-bond donors (Lipinski definition) is 6. The van der Waals surface area contributed by atoms with Gasteiger partial charge in [0.05, 0.1) is 41.3 Å². The Morgan fingerprint density at radius 3 is 2.26 bits per heavy atom. The van der Waals surface area contributed by atoms with Gasteiger partial charge in [0.15, 0.2) is 0 Å². The van der Waals surface area contributed by atoms with E-state index in [0.717, 1.165) is 0 Å². The largest absolute Gasteiger partial charge is 0.506 e. The number of halogens is 2. The molecule has 0 saturated carbocycles. The molecule has 0 radical (unpaired) electrons. The van der Waals surface area contributed by atoms with Crippen molar-refractivity contribution >= 4 is 91.2 Å². The summed E-state index contributed by atoms with van der Waals surface area (Å²) >= 11 is 12.5. The Labute approximate surface area is 252 Å². The lowest BCUT2D eigenvalue weighted by atomic mass is 10.0. The molecule has 6 N–H and O–H groups in total. The van der Waals surface area contributed by atoms with Gasteiger partial charge in [-0.25, -0.2) is 10.5 Å². The fraction of sp³-hybridized carbons (Fsp3) is 0.0500. The summed E-state index contributed by atoms with van der Waals surface area (Å²) in [6.07, 6.45) is 0. The van der Waals surface area contributed by atoms with Gasteiger partial charge in [-0.1, -0.05) is 16.1 Å². The highest BCUT2D eigenvalue weighted by molar-refractivity contribution is 7.95. The quantitative estimate of drug-likeness (QED) is 0.0340. The molecule has 0 aliphatic carbocycles. The van der Waals surface area contributed by atoms with Gasteiger partial charge >= 0.3 is 0 Å². The van der Waals surface area contributed by atoms with Gasteiger partial charge in [-0.15, -0.1) is 18.9 Å². The van der Waals surface area contributed by atoms with Crippen molar-refractivity contribution in [1.82, 2.24) is 15.0 Å². The molecule has 0 atom stereocenters. The van der Waals surface area contributed by atoms with Crippen LogP contribution in [0.25, 0.3) is 10.8 Å². The normalized spacial score (nSPS) is 12.0. The van der Waals surface area contributed by atoms with Crippen molar-refractivity contribution < 1.29 is 52.4 Å². The van der Waals surface area contributed by atoms with E-state index in [-0.39, 0.29) is 60.6 Å². The number of phenolic OH excluding ortho intramolecular Hbond substituents is 1. The van der Waals surface area contributed by atoms with E-state index in [2.05, 4.69) is 49.2 Å². The topological polar surface area (TPSA) is 248 Å². The maximum atomic E-state index is 12.6. The molecule has 0 saturated heterocycles. The first-order chi connectivity index (χ1) is 20.0. The molecule has 0 aliphatic heterocycles. The Morgan fingerprint density at radius 1 is 0.929 bits per heavy atom. The lowest BCUT2D eigenvalue weighted by Gasteiger charge is -2.16. The minimum atomic E-state index is -4.99. The Morgan fingerprint density at radius 2 is 1.62 bits per heavy atom. The third kappa shape index (κ3) is 7.51. The fourth-order valence-electron chi connectivity index (χ4n) is 3.54. The first-order valence-corrected chi connectivity index (χ1v) is 14.3. The van der Waals surface area contributed by atoms with Crippen LogP contribution in [-0.2, 0) is 35.5 Å². The number of fused-ring (bicyclic) bond motifs is 1. The number of azo groups is 1. The van der Waals surface area contributed by atoms with E-state index >= 15 is 0 Å². The molecule has 0 unspecified atom stereocenters. The van der Waals surface area contributed by atoms with E-state index in [9.17, 15) is 23.2 Å². The van der Waals surface area contributed by atoms with Crippen LogP contribution in [0.5, 0.6) is 5.75 Å². The van der Waals surface area contributed by atoms with Crippen molar-refractivity contribution in [2.75, 3.05) is 5.32 Å². The minimum absolute atomic E-state index is 0.00924. The summed E-state index contributed by atoms with van der Waals surface area (Å²) in [6.45, 7) is -0.737. The number of nitrogens with zero attached hydrogens (tertiary/aromatic N) is 5. The molecule has 1 aromatic heterocycles. The highest BCUT2D eigenvalue weighted by Gasteiger charge is 2.25. The van der Waals surface area contributed by atoms with Crippen molar-refractivity contribution in [1.29, 1.82) is 0 Å². The van der Waals surface area contributed by atoms with E-state index in [1.165, 1.54) is 36.4 Å². The predicted molar refractivity (Wildman–Crippen MR) is 146 cm³/mol. The van der Waals surface area contributed by atoms with Crippen molar-refractivity contribution in [2.24, 2.45) is 10.2 Å². The number of benzene rings is 3. The van der Waals surface area contributed by atoms with Crippen molar-refractivity contribution in [3.63, 3.8) is 0 Å². The van der Waals surface area contributed by atoms with Gasteiger partial charge in [-0.3, -0.25) is 4.55 Å². The molecule has 4 aromatic rings. The third-order valence-corrected chi connectivity index (χ3v) is 7.57. The maximum Gasteiger partial charge on any atom is 0.297 e. The van der Waals surface area contributed by atoms with Gasteiger partial charge in [0.1, 0.15) is 22.0 Å². The number of hydrogen-bond acceptors (Lipinski definition) is 18. The van der Waals surface area contributed by atoms with Crippen LogP contribution in [0, 0.1) is 0 Å². The summed E-state index contributed by atoms with van der Waals surface area (Å²) in [7, 11) is -4.99. The third-order valence-electron chi connectivity index (χ3n) is 5.08. The van der Waals surface area contributed by atoms with Gasteiger partial charge in [0, 0.05) is 15.8 Å². The number of aliphatic hydroxyl groups is 1. The maximum absolute atomic E-state index is 12.6.